The summed E-state index contributed by atoms with van der Waals surface area (Å²) in [5.41, 5.74) is 4.59. The van der Waals surface area contributed by atoms with E-state index in [1.807, 2.05) is 32.3 Å². The van der Waals surface area contributed by atoms with Crippen LogP contribution in [0.3, 0.4) is 0 Å². The van der Waals surface area contributed by atoms with Crippen LogP contribution < -0.4 is 10.2 Å². The molecule has 1 amide bonds. The van der Waals surface area contributed by atoms with Crippen molar-refractivity contribution < 1.29 is 4.79 Å². The molecule has 7 nitrogen and oxygen atoms in total. The Morgan fingerprint density at radius 1 is 1.24 bits per heavy atom. The van der Waals surface area contributed by atoms with Crippen LogP contribution in [0.2, 0.25) is 0 Å². The Morgan fingerprint density at radius 3 is 2.65 bits per heavy atom. The van der Waals surface area contributed by atoms with E-state index in [1.165, 1.54) is 17.6 Å². The maximum Gasteiger partial charge on any atom is 0.254 e. The molecule has 1 unspecified atom stereocenters. The zero-order chi connectivity index (χ0) is 23.9. The molecule has 1 aliphatic heterocycles. The van der Waals surface area contributed by atoms with Gasteiger partial charge in [-0.1, -0.05) is 0 Å². The Morgan fingerprint density at radius 2 is 2.00 bits per heavy atom. The second-order valence-corrected chi connectivity index (χ2v) is 9.83. The molecule has 0 bridgehead atoms. The molecule has 8 heteroatoms. The lowest BCUT2D eigenvalue weighted by molar-refractivity contribution is 0.0943. The third-order valence-corrected chi connectivity index (χ3v) is 7.51. The number of amides is 1. The second kappa shape index (κ2) is 11.5. The van der Waals surface area contributed by atoms with Gasteiger partial charge in [-0.15, -0.1) is 0 Å². The first-order valence-corrected chi connectivity index (χ1v) is 13.0. The number of pyridine rings is 1. The molecule has 3 aromatic rings. The van der Waals surface area contributed by atoms with E-state index >= 15 is 0 Å². The summed E-state index contributed by atoms with van der Waals surface area (Å²) in [4.78, 5) is 30.4. The highest BCUT2D eigenvalue weighted by Crippen LogP contribution is 2.27. The number of aromatic nitrogens is 3. The third kappa shape index (κ3) is 5.98. The lowest BCUT2D eigenvalue weighted by Crippen LogP contribution is -2.48. The van der Waals surface area contributed by atoms with Gasteiger partial charge >= 0.3 is 0 Å². The molecule has 4 rings (SSSR count). The Bertz CT molecular complexity index is 1030. The van der Waals surface area contributed by atoms with Crippen molar-refractivity contribution in [1.29, 1.82) is 0 Å². The SMILES string of the molecule is Cc1ncnc(C)c1C(=O)NCCC(C)N1CCC(N(Cc2ccsc2)c2cccnc2)CC1. The molecule has 34 heavy (non-hydrogen) atoms. The average molecular weight is 479 g/mol. The predicted octanol–water partition coefficient (Wildman–Crippen LogP) is 4.23. The van der Waals surface area contributed by atoms with E-state index in [0.29, 0.717) is 24.2 Å². The van der Waals surface area contributed by atoms with Crippen molar-refractivity contribution in [2.45, 2.75) is 58.7 Å². The molecule has 180 valence electrons. The lowest BCUT2D eigenvalue weighted by Gasteiger charge is -2.41. The zero-order valence-corrected chi connectivity index (χ0v) is 21.1. The third-order valence-electron chi connectivity index (χ3n) is 6.77. The van der Waals surface area contributed by atoms with E-state index in [9.17, 15) is 4.79 Å². The summed E-state index contributed by atoms with van der Waals surface area (Å²) in [6, 6.07) is 7.31. The Balaban J connectivity index is 1.28. The van der Waals surface area contributed by atoms with Crippen molar-refractivity contribution in [1.82, 2.24) is 25.2 Å². The molecule has 4 heterocycles. The van der Waals surface area contributed by atoms with Crippen LogP contribution in [-0.4, -0.2) is 57.5 Å². The van der Waals surface area contributed by atoms with Gasteiger partial charge in [-0.3, -0.25) is 9.78 Å². The van der Waals surface area contributed by atoms with Crippen LogP contribution in [0.15, 0.2) is 47.7 Å². The summed E-state index contributed by atoms with van der Waals surface area (Å²) in [6.07, 6.45) is 8.48. The smallest absolute Gasteiger partial charge is 0.254 e. The van der Waals surface area contributed by atoms with E-state index in [0.717, 1.165) is 50.3 Å². The van der Waals surface area contributed by atoms with Crippen LogP contribution in [0.4, 0.5) is 5.69 Å². The minimum absolute atomic E-state index is 0.0814. The molecule has 0 aliphatic carbocycles. The number of nitrogens with zero attached hydrogens (tertiary/aromatic N) is 5. The number of thiophene rings is 1. The van der Waals surface area contributed by atoms with Gasteiger partial charge in [-0.25, -0.2) is 9.97 Å². The summed E-state index contributed by atoms with van der Waals surface area (Å²) < 4.78 is 0. The summed E-state index contributed by atoms with van der Waals surface area (Å²) in [5.74, 6) is -0.0814. The van der Waals surface area contributed by atoms with Crippen molar-refractivity contribution in [2.75, 3.05) is 24.5 Å². The molecular weight excluding hydrogens is 444 g/mol. The predicted molar refractivity (Wildman–Crippen MR) is 137 cm³/mol. The van der Waals surface area contributed by atoms with Crippen molar-refractivity contribution in [3.63, 3.8) is 0 Å². The number of likely N-dealkylation sites (tertiary alicyclic amines) is 1. The standard InChI is InChI=1S/C26H34N6OS/c1-19(6-11-28-26(33)25-20(2)29-18-30-21(25)3)31-12-7-23(8-13-31)32(16-22-9-14-34-17-22)24-5-4-10-27-15-24/h4-5,9-10,14-15,17-19,23H,6-8,11-13,16H2,1-3H3,(H,28,33). The Hall–Kier alpha value is -2.84. The topological polar surface area (TPSA) is 74.2 Å². The number of carbonyl (C=O) groups excluding carboxylic acids is 1. The van der Waals surface area contributed by atoms with Crippen LogP contribution in [-0.2, 0) is 6.54 Å². The number of anilines is 1. The quantitative estimate of drug-likeness (QED) is 0.496. The molecule has 0 radical (unpaired) electrons. The first-order valence-electron chi connectivity index (χ1n) is 12.0. The van der Waals surface area contributed by atoms with E-state index in [1.54, 1.807) is 11.3 Å². The van der Waals surface area contributed by atoms with E-state index < -0.39 is 0 Å². The minimum atomic E-state index is -0.0814. The van der Waals surface area contributed by atoms with Gasteiger partial charge < -0.3 is 15.1 Å². The molecule has 1 atom stereocenters. The number of hydrogen-bond donors (Lipinski definition) is 1. The van der Waals surface area contributed by atoms with Gasteiger partial charge in [0.2, 0.25) is 0 Å². The van der Waals surface area contributed by atoms with Crippen LogP contribution >= 0.6 is 11.3 Å². The molecule has 0 aromatic carbocycles. The van der Waals surface area contributed by atoms with E-state index in [-0.39, 0.29) is 5.91 Å². The number of hydrogen-bond acceptors (Lipinski definition) is 7. The van der Waals surface area contributed by atoms with Crippen molar-refractivity contribution >= 4 is 22.9 Å². The second-order valence-electron chi connectivity index (χ2n) is 9.05. The first kappa shape index (κ1) is 24.3. The van der Waals surface area contributed by atoms with Crippen molar-refractivity contribution in [3.05, 3.63) is 70.2 Å². The van der Waals surface area contributed by atoms with Crippen LogP contribution in [0.25, 0.3) is 0 Å². The fourth-order valence-corrected chi connectivity index (χ4v) is 5.42. The van der Waals surface area contributed by atoms with Gasteiger partial charge in [0.1, 0.15) is 6.33 Å². The highest BCUT2D eigenvalue weighted by atomic mass is 32.1. The average Bonchev–Trinajstić information content (AvgIpc) is 3.36. The number of rotatable bonds is 9. The van der Waals surface area contributed by atoms with Gasteiger partial charge in [0.25, 0.3) is 5.91 Å². The molecule has 1 aliphatic rings. The number of aryl methyl sites for hydroxylation is 2. The first-order chi connectivity index (χ1) is 16.5. The Kier molecular flexibility index (Phi) is 8.24. The number of nitrogens with one attached hydrogen (secondary N) is 1. The van der Waals surface area contributed by atoms with Gasteiger partial charge in [0, 0.05) is 44.5 Å². The number of piperidine rings is 1. The minimum Gasteiger partial charge on any atom is -0.363 e. The van der Waals surface area contributed by atoms with Crippen molar-refractivity contribution in [3.8, 4) is 0 Å². The van der Waals surface area contributed by atoms with E-state index in [2.05, 4.69) is 59.9 Å². The summed E-state index contributed by atoms with van der Waals surface area (Å²) in [7, 11) is 0. The fraction of sp³-hybridized carbons (Fsp3) is 0.462. The van der Waals surface area contributed by atoms with Gasteiger partial charge in [0.15, 0.2) is 0 Å². The molecule has 0 saturated carbocycles. The highest BCUT2D eigenvalue weighted by molar-refractivity contribution is 7.07. The fourth-order valence-electron chi connectivity index (χ4n) is 4.76. The molecule has 1 N–H and O–H groups in total. The zero-order valence-electron chi connectivity index (χ0n) is 20.3. The summed E-state index contributed by atoms with van der Waals surface area (Å²) in [6.45, 7) is 9.65. The summed E-state index contributed by atoms with van der Waals surface area (Å²) in [5, 5.41) is 7.45. The normalized spacial score (nSPS) is 15.7. The largest absolute Gasteiger partial charge is 0.363 e. The van der Waals surface area contributed by atoms with Gasteiger partial charge in [-0.05, 0) is 74.6 Å². The number of carbonyl (C=O) groups is 1. The molecule has 3 aromatic heterocycles. The van der Waals surface area contributed by atoms with Crippen LogP contribution in [0.5, 0.6) is 0 Å². The molecule has 1 fully saturated rings. The highest BCUT2D eigenvalue weighted by Gasteiger charge is 2.27. The monoisotopic (exact) mass is 478 g/mol. The lowest BCUT2D eigenvalue weighted by atomic mass is 9.99. The van der Waals surface area contributed by atoms with Crippen molar-refractivity contribution in [2.24, 2.45) is 0 Å². The maximum atomic E-state index is 12.6. The van der Waals surface area contributed by atoms with Gasteiger partial charge in [0.05, 0.1) is 28.8 Å². The van der Waals surface area contributed by atoms with Crippen LogP contribution in [0, 0.1) is 13.8 Å². The summed E-state index contributed by atoms with van der Waals surface area (Å²) >= 11 is 1.75. The van der Waals surface area contributed by atoms with Gasteiger partial charge in [-0.2, -0.15) is 11.3 Å². The Labute approximate surface area is 206 Å². The maximum absolute atomic E-state index is 12.6. The van der Waals surface area contributed by atoms with E-state index in [4.69, 9.17) is 0 Å². The molecule has 1 saturated heterocycles. The van der Waals surface area contributed by atoms with Crippen LogP contribution in [0.1, 0.15) is 53.5 Å². The molecular formula is C26H34N6OS. The molecule has 0 spiro atoms.